The van der Waals surface area contributed by atoms with E-state index >= 15 is 0 Å². The number of ether oxygens (including phenoxy) is 2. The Kier molecular flexibility index (Phi) is 2.48. The molecule has 1 heterocycles. The topological polar surface area (TPSA) is 44.5 Å². The molecular formula is C13H17NO2. The molecule has 0 amide bonds. The van der Waals surface area contributed by atoms with E-state index in [2.05, 4.69) is 12.1 Å². The first kappa shape index (κ1) is 9.97. The van der Waals surface area contributed by atoms with Crippen LogP contribution in [0.5, 0.6) is 11.5 Å². The van der Waals surface area contributed by atoms with Crippen LogP contribution in [0.3, 0.4) is 0 Å². The molecule has 0 bridgehead atoms. The van der Waals surface area contributed by atoms with Gasteiger partial charge >= 0.3 is 0 Å². The standard InChI is InChI=1S/C13H17NO2/c14-11(10-2-3-10)7-9-1-4-12-13(8-9)16-6-5-15-12/h1,4,8,10-11H,2-3,5-7,14H2. The molecule has 0 saturated heterocycles. The van der Waals surface area contributed by atoms with Gasteiger partial charge < -0.3 is 15.2 Å². The van der Waals surface area contributed by atoms with Gasteiger partial charge in [-0.25, -0.2) is 0 Å². The van der Waals surface area contributed by atoms with Crippen molar-refractivity contribution in [3.05, 3.63) is 23.8 Å². The molecule has 2 aliphatic rings. The van der Waals surface area contributed by atoms with Gasteiger partial charge in [0.15, 0.2) is 11.5 Å². The molecule has 0 spiro atoms. The van der Waals surface area contributed by atoms with Crippen molar-refractivity contribution < 1.29 is 9.47 Å². The minimum atomic E-state index is 0.308. The van der Waals surface area contributed by atoms with Gasteiger partial charge in [-0.2, -0.15) is 0 Å². The van der Waals surface area contributed by atoms with E-state index in [0.29, 0.717) is 19.3 Å². The van der Waals surface area contributed by atoms with E-state index < -0.39 is 0 Å². The summed E-state index contributed by atoms with van der Waals surface area (Å²) in [6.45, 7) is 1.29. The molecule has 16 heavy (non-hydrogen) atoms. The first-order chi connectivity index (χ1) is 7.83. The second-order valence-electron chi connectivity index (χ2n) is 4.68. The highest BCUT2D eigenvalue weighted by Crippen LogP contribution is 2.35. The van der Waals surface area contributed by atoms with Crippen molar-refractivity contribution in [2.45, 2.75) is 25.3 Å². The Morgan fingerprint density at radius 2 is 1.94 bits per heavy atom. The predicted molar refractivity (Wildman–Crippen MR) is 61.8 cm³/mol. The van der Waals surface area contributed by atoms with Gasteiger partial charge in [-0.3, -0.25) is 0 Å². The highest BCUT2D eigenvalue weighted by molar-refractivity contribution is 5.44. The lowest BCUT2D eigenvalue weighted by Gasteiger charge is -2.19. The van der Waals surface area contributed by atoms with E-state index in [-0.39, 0.29) is 0 Å². The zero-order valence-corrected chi connectivity index (χ0v) is 9.32. The Hall–Kier alpha value is -1.22. The van der Waals surface area contributed by atoms with E-state index in [9.17, 15) is 0 Å². The summed E-state index contributed by atoms with van der Waals surface area (Å²) in [5.41, 5.74) is 7.37. The van der Waals surface area contributed by atoms with Gasteiger partial charge in [0, 0.05) is 6.04 Å². The van der Waals surface area contributed by atoms with Crippen molar-refractivity contribution in [1.82, 2.24) is 0 Å². The summed E-state index contributed by atoms with van der Waals surface area (Å²) in [6, 6.07) is 6.46. The molecule has 0 aromatic heterocycles. The summed E-state index contributed by atoms with van der Waals surface area (Å²) in [6.07, 6.45) is 3.54. The molecule has 3 nitrogen and oxygen atoms in total. The predicted octanol–water partition coefficient (Wildman–Crippen LogP) is 1.74. The molecule has 0 radical (unpaired) electrons. The summed E-state index contributed by atoms with van der Waals surface area (Å²) in [4.78, 5) is 0. The lowest BCUT2D eigenvalue weighted by atomic mass is 10.0. The van der Waals surface area contributed by atoms with Crippen LogP contribution < -0.4 is 15.2 Å². The van der Waals surface area contributed by atoms with Crippen molar-refractivity contribution in [2.75, 3.05) is 13.2 Å². The maximum Gasteiger partial charge on any atom is 0.161 e. The fourth-order valence-corrected chi connectivity index (χ4v) is 2.18. The molecule has 86 valence electrons. The minimum absolute atomic E-state index is 0.308. The summed E-state index contributed by atoms with van der Waals surface area (Å²) in [5, 5.41) is 0. The average molecular weight is 219 g/mol. The van der Waals surface area contributed by atoms with Crippen LogP contribution in [0.2, 0.25) is 0 Å². The zero-order chi connectivity index (χ0) is 11.0. The number of rotatable bonds is 3. The van der Waals surface area contributed by atoms with Crippen molar-refractivity contribution in [3.63, 3.8) is 0 Å². The molecule has 1 aliphatic heterocycles. The van der Waals surface area contributed by atoms with E-state index in [0.717, 1.165) is 23.8 Å². The van der Waals surface area contributed by atoms with Gasteiger partial charge in [0.25, 0.3) is 0 Å². The fraction of sp³-hybridized carbons (Fsp3) is 0.538. The van der Waals surface area contributed by atoms with Crippen LogP contribution in [-0.2, 0) is 6.42 Å². The minimum Gasteiger partial charge on any atom is -0.486 e. The van der Waals surface area contributed by atoms with Crippen LogP contribution in [0.1, 0.15) is 18.4 Å². The van der Waals surface area contributed by atoms with Crippen LogP contribution in [-0.4, -0.2) is 19.3 Å². The van der Waals surface area contributed by atoms with Gasteiger partial charge in [-0.05, 0) is 42.9 Å². The highest BCUT2D eigenvalue weighted by Gasteiger charge is 2.28. The van der Waals surface area contributed by atoms with E-state index in [1.165, 1.54) is 18.4 Å². The van der Waals surface area contributed by atoms with Crippen LogP contribution in [0.4, 0.5) is 0 Å². The molecule has 1 saturated carbocycles. The second kappa shape index (κ2) is 3.98. The maximum absolute atomic E-state index is 6.12. The lowest BCUT2D eigenvalue weighted by Crippen LogP contribution is -2.25. The van der Waals surface area contributed by atoms with Crippen molar-refractivity contribution in [1.29, 1.82) is 0 Å². The number of benzene rings is 1. The molecule has 1 aromatic carbocycles. The molecule has 1 unspecified atom stereocenters. The molecule has 1 aliphatic carbocycles. The van der Waals surface area contributed by atoms with E-state index in [1.807, 2.05) is 6.07 Å². The first-order valence-electron chi connectivity index (χ1n) is 5.97. The smallest absolute Gasteiger partial charge is 0.161 e. The third kappa shape index (κ3) is 2.00. The van der Waals surface area contributed by atoms with Gasteiger partial charge in [0.05, 0.1) is 0 Å². The molecule has 1 atom stereocenters. The summed E-state index contributed by atoms with van der Waals surface area (Å²) < 4.78 is 11.0. The van der Waals surface area contributed by atoms with Crippen LogP contribution in [0.25, 0.3) is 0 Å². The highest BCUT2D eigenvalue weighted by atomic mass is 16.6. The van der Waals surface area contributed by atoms with Crippen molar-refractivity contribution >= 4 is 0 Å². The lowest BCUT2D eigenvalue weighted by molar-refractivity contribution is 0.171. The molecule has 1 aromatic rings. The number of hydrogen-bond donors (Lipinski definition) is 1. The molecular weight excluding hydrogens is 202 g/mol. The van der Waals surface area contributed by atoms with Gasteiger partial charge in [0.2, 0.25) is 0 Å². The summed E-state index contributed by atoms with van der Waals surface area (Å²) in [5.74, 6) is 2.47. The van der Waals surface area contributed by atoms with E-state index in [1.54, 1.807) is 0 Å². The monoisotopic (exact) mass is 219 g/mol. The first-order valence-corrected chi connectivity index (χ1v) is 5.97. The van der Waals surface area contributed by atoms with Crippen molar-refractivity contribution in [2.24, 2.45) is 11.7 Å². The fourth-order valence-electron chi connectivity index (χ4n) is 2.18. The van der Waals surface area contributed by atoms with E-state index in [4.69, 9.17) is 15.2 Å². The number of fused-ring (bicyclic) bond motifs is 1. The van der Waals surface area contributed by atoms with Gasteiger partial charge in [-0.15, -0.1) is 0 Å². The third-order valence-electron chi connectivity index (χ3n) is 3.31. The average Bonchev–Trinajstić information content (AvgIpc) is 3.12. The summed E-state index contributed by atoms with van der Waals surface area (Å²) in [7, 11) is 0. The van der Waals surface area contributed by atoms with Gasteiger partial charge in [-0.1, -0.05) is 6.07 Å². The maximum atomic E-state index is 6.12. The molecule has 3 heteroatoms. The second-order valence-corrected chi connectivity index (χ2v) is 4.68. The molecule has 3 rings (SSSR count). The van der Waals surface area contributed by atoms with Crippen LogP contribution in [0.15, 0.2) is 18.2 Å². The van der Waals surface area contributed by atoms with Crippen molar-refractivity contribution in [3.8, 4) is 11.5 Å². The SMILES string of the molecule is NC(Cc1ccc2c(c1)OCCO2)C1CC1. The Balaban J connectivity index is 1.74. The molecule has 1 fully saturated rings. The Labute approximate surface area is 95.5 Å². The third-order valence-corrected chi connectivity index (χ3v) is 3.31. The summed E-state index contributed by atoms with van der Waals surface area (Å²) >= 11 is 0. The van der Waals surface area contributed by atoms with Crippen LogP contribution in [0, 0.1) is 5.92 Å². The Bertz CT molecular complexity index is 388. The Morgan fingerprint density at radius 3 is 2.69 bits per heavy atom. The normalized spacial score (nSPS) is 20.6. The zero-order valence-electron chi connectivity index (χ0n) is 9.32. The Morgan fingerprint density at radius 1 is 1.19 bits per heavy atom. The van der Waals surface area contributed by atoms with Gasteiger partial charge in [0.1, 0.15) is 13.2 Å². The quantitative estimate of drug-likeness (QED) is 0.842. The van der Waals surface area contributed by atoms with Crippen LogP contribution >= 0.6 is 0 Å². The number of nitrogens with two attached hydrogens (primary N) is 1. The number of hydrogen-bond acceptors (Lipinski definition) is 3. The largest absolute Gasteiger partial charge is 0.486 e. The molecule has 2 N–H and O–H groups in total.